The Bertz CT molecular complexity index is 1310. The molecule has 0 radical (unpaired) electrons. The van der Waals surface area contributed by atoms with E-state index in [0.717, 1.165) is 22.3 Å². The number of rotatable bonds is 8. The van der Waals surface area contributed by atoms with Gasteiger partial charge in [0.05, 0.1) is 18.6 Å². The Kier molecular flexibility index (Phi) is 11.5. The van der Waals surface area contributed by atoms with E-state index in [4.69, 9.17) is 9.47 Å². The molecular weight excluding hydrogens is 562 g/mol. The van der Waals surface area contributed by atoms with Gasteiger partial charge in [-0.25, -0.2) is 9.59 Å². The highest BCUT2D eigenvalue weighted by atomic mass is 16.6. The van der Waals surface area contributed by atoms with Gasteiger partial charge >= 0.3 is 12.1 Å². The number of hydrogen-bond acceptors (Lipinski definition) is 7. The van der Waals surface area contributed by atoms with Crippen molar-refractivity contribution in [3.05, 3.63) is 71.8 Å². The lowest BCUT2D eigenvalue weighted by molar-refractivity contribution is -0.148. The summed E-state index contributed by atoms with van der Waals surface area (Å²) in [5, 5.41) is 17.5. The molecule has 1 aliphatic heterocycles. The molecule has 0 spiro atoms. The number of allylic oxidation sites excluding steroid dienone is 2. The van der Waals surface area contributed by atoms with E-state index in [0.29, 0.717) is 12.8 Å². The summed E-state index contributed by atoms with van der Waals surface area (Å²) in [4.78, 5) is 51.7. The van der Waals surface area contributed by atoms with Gasteiger partial charge < -0.3 is 30.5 Å². The number of aliphatic hydroxyl groups is 1. The first-order valence-corrected chi connectivity index (χ1v) is 15.3. The van der Waals surface area contributed by atoms with Crippen LogP contribution in [0.3, 0.4) is 0 Å². The second-order valence-corrected chi connectivity index (χ2v) is 11.8. The summed E-state index contributed by atoms with van der Waals surface area (Å²) < 4.78 is 11.2. The van der Waals surface area contributed by atoms with Gasteiger partial charge in [0.15, 0.2) is 0 Å². The third-order valence-electron chi connectivity index (χ3n) is 8.15. The van der Waals surface area contributed by atoms with Crippen molar-refractivity contribution in [2.75, 3.05) is 19.8 Å². The van der Waals surface area contributed by atoms with Gasteiger partial charge in [0.2, 0.25) is 11.8 Å². The zero-order chi connectivity index (χ0) is 31.6. The van der Waals surface area contributed by atoms with Gasteiger partial charge in [-0.2, -0.15) is 0 Å². The lowest BCUT2D eigenvalue weighted by atomic mass is 9.97. The van der Waals surface area contributed by atoms with Crippen molar-refractivity contribution in [3.63, 3.8) is 0 Å². The van der Waals surface area contributed by atoms with Gasteiger partial charge in [-0.15, -0.1) is 0 Å². The zero-order valence-corrected chi connectivity index (χ0v) is 25.6. The summed E-state index contributed by atoms with van der Waals surface area (Å²) >= 11 is 0. The highest BCUT2D eigenvalue weighted by molar-refractivity contribution is 5.86. The SMILES string of the molecule is CC(C)[C@H]1COC(=O)[C@@H](NC(=O)OCC2c3ccccc3-c3ccccc32)CCC=CC[C@H](CC(=O)N[C@H](C)CO)C(=O)N1. The summed E-state index contributed by atoms with van der Waals surface area (Å²) in [6, 6.07) is 14.3. The molecule has 4 atom stereocenters. The molecule has 2 aromatic carbocycles. The lowest BCUT2D eigenvalue weighted by Crippen LogP contribution is -2.48. The Hall–Kier alpha value is -4.18. The van der Waals surface area contributed by atoms with Crippen LogP contribution >= 0.6 is 0 Å². The molecule has 3 amide bonds. The van der Waals surface area contributed by atoms with Crippen LogP contribution in [0, 0.1) is 11.8 Å². The molecule has 4 rings (SSSR count). The van der Waals surface area contributed by atoms with Crippen molar-refractivity contribution in [1.29, 1.82) is 0 Å². The first-order valence-electron chi connectivity index (χ1n) is 15.3. The number of hydrogen-bond donors (Lipinski definition) is 4. The molecule has 236 valence electrons. The number of esters is 1. The Morgan fingerprint density at radius 1 is 1.02 bits per heavy atom. The average molecular weight is 606 g/mol. The maximum atomic E-state index is 13.2. The average Bonchev–Trinajstić information content (AvgIpc) is 3.33. The minimum Gasteiger partial charge on any atom is -0.462 e. The van der Waals surface area contributed by atoms with Crippen LogP contribution in [-0.4, -0.2) is 66.9 Å². The number of amides is 3. The third-order valence-corrected chi connectivity index (χ3v) is 8.15. The van der Waals surface area contributed by atoms with E-state index in [1.807, 2.05) is 62.4 Å². The molecule has 10 heteroatoms. The molecule has 0 saturated heterocycles. The van der Waals surface area contributed by atoms with Crippen LogP contribution in [0.2, 0.25) is 0 Å². The predicted molar refractivity (Wildman–Crippen MR) is 166 cm³/mol. The molecule has 1 aliphatic carbocycles. The number of fused-ring (bicyclic) bond motifs is 3. The van der Waals surface area contributed by atoms with Gasteiger partial charge in [-0.05, 0) is 54.4 Å². The van der Waals surface area contributed by atoms with E-state index in [1.54, 1.807) is 6.92 Å². The number of ether oxygens (including phenoxy) is 2. The fourth-order valence-corrected chi connectivity index (χ4v) is 5.53. The normalized spacial score (nSPS) is 21.4. The summed E-state index contributed by atoms with van der Waals surface area (Å²) in [5.74, 6) is -2.07. The van der Waals surface area contributed by atoms with Crippen LogP contribution in [-0.2, 0) is 23.9 Å². The fraction of sp³-hybridized carbons (Fsp3) is 0.471. The zero-order valence-electron chi connectivity index (χ0n) is 25.6. The van der Waals surface area contributed by atoms with Crippen LogP contribution in [0.1, 0.15) is 63.5 Å². The molecule has 1 heterocycles. The highest BCUT2D eigenvalue weighted by Gasteiger charge is 2.31. The second kappa shape index (κ2) is 15.5. The monoisotopic (exact) mass is 605 g/mol. The van der Waals surface area contributed by atoms with E-state index >= 15 is 0 Å². The molecule has 10 nitrogen and oxygen atoms in total. The van der Waals surface area contributed by atoms with Crippen molar-refractivity contribution in [1.82, 2.24) is 16.0 Å². The van der Waals surface area contributed by atoms with Crippen molar-refractivity contribution in [3.8, 4) is 11.1 Å². The third kappa shape index (κ3) is 8.47. The Balaban J connectivity index is 1.40. The highest BCUT2D eigenvalue weighted by Crippen LogP contribution is 2.44. The van der Waals surface area contributed by atoms with Crippen molar-refractivity contribution in [2.45, 2.75) is 70.5 Å². The number of alkyl carbamates (subject to hydrolysis) is 1. The molecule has 2 aliphatic rings. The summed E-state index contributed by atoms with van der Waals surface area (Å²) in [6.07, 6.45) is 3.90. The van der Waals surface area contributed by atoms with Crippen molar-refractivity contribution < 1.29 is 33.8 Å². The van der Waals surface area contributed by atoms with Crippen LogP contribution < -0.4 is 16.0 Å². The van der Waals surface area contributed by atoms with Gasteiger partial charge in [-0.3, -0.25) is 9.59 Å². The number of carbonyl (C=O) groups is 4. The number of benzene rings is 2. The first kappa shape index (κ1) is 32.7. The molecule has 0 saturated carbocycles. The van der Waals surface area contributed by atoms with Crippen LogP contribution in [0.4, 0.5) is 4.79 Å². The predicted octanol–water partition coefficient (Wildman–Crippen LogP) is 3.82. The van der Waals surface area contributed by atoms with Gasteiger partial charge in [0.25, 0.3) is 0 Å². The van der Waals surface area contributed by atoms with Gasteiger partial charge in [0, 0.05) is 18.4 Å². The van der Waals surface area contributed by atoms with Crippen LogP contribution in [0.15, 0.2) is 60.7 Å². The number of carbonyl (C=O) groups excluding carboxylic acids is 4. The van der Waals surface area contributed by atoms with Crippen LogP contribution in [0.5, 0.6) is 0 Å². The standard InChI is InChI=1S/C34H43N3O7/c1-21(2)30-20-43-33(41)29(16-6-4-5-11-23(32(40)36-30)17-31(39)35-22(3)18-38)37-34(42)44-19-28-26-14-9-7-12-24(26)25-13-8-10-15-27(25)28/h4-5,7-10,12-15,21-23,28-30,38H,6,11,16-20H2,1-3H3,(H,35,39)(H,36,40)(H,37,42)/t22-,23-,29+,30-/m1/s1. The quantitative estimate of drug-likeness (QED) is 0.265. The van der Waals surface area contributed by atoms with Crippen LogP contribution in [0.25, 0.3) is 11.1 Å². The second-order valence-electron chi connectivity index (χ2n) is 11.8. The van der Waals surface area contributed by atoms with Crippen molar-refractivity contribution in [2.24, 2.45) is 11.8 Å². The van der Waals surface area contributed by atoms with Gasteiger partial charge in [-0.1, -0.05) is 74.5 Å². The van der Waals surface area contributed by atoms with E-state index in [2.05, 4.69) is 28.1 Å². The number of cyclic esters (lactones) is 1. The lowest BCUT2D eigenvalue weighted by Gasteiger charge is -2.26. The maximum absolute atomic E-state index is 13.2. The maximum Gasteiger partial charge on any atom is 0.407 e. The molecule has 4 N–H and O–H groups in total. The van der Waals surface area contributed by atoms with E-state index in [9.17, 15) is 24.3 Å². The largest absolute Gasteiger partial charge is 0.462 e. The Morgan fingerprint density at radius 3 is 2.32 bits per heavy atom. The molecule has 0 bridgehead atoms. The summed E-state index contributed by atoms with van der Waals surface area (Å²) in [5.41, 5.74) is 4.43. The van der Waals surface area contributed by atoms with E-state index in [-0.39, 0.29) is 56.3 Å². The topological polar surface area (TPSA) is 143 Å². The molecule has 0 fully saturated rings. The molecule has 0 aromatic heterocycles. The summed E-state index contributed by atoms with van der Waals surface area (Å²) in [7, 11) is 0. The first-order chi connectivity index (χ1) is 21.2. The van der Waals surface area contributed by atoms with Gasteiger partial charge in [0.1, 0.15) is 19.3 Å². The molecule has 44 heavy (non-hydrogen) atoms. The minimum absolute atomic E-state index is 0.0446. The smallest absolute Gasteiger partial charge is 0.407 e. The van der Waals surface area contributed by atoms with E-state index < -0.39 is 36.1 Å². The Morgan fingerprint density at radius 2 is 1.68 bits per heavy atom. The number of nitrogens with one attached hydrogen (secondary N) is 3. The molecule has 0 unspecified atom stereocenters. The van der Waals surface area contributed by atoms with E-state index in [1.165, 1.54) is 0 Å². The molecular formula is C34H43N3O7. The van der Waals surface area contributed by atoms with Crippen molar-refractivity contribution >= 4 is 23.9 Å². The fourth-order valence-electron chi connectivity index (χ4n) is 5.53. The summed E-state index contributed by atoms with van der Waals surface area (Å²) in [6.45, 7) is 5.31. The Labute approximate surface area is 258 Å². The number of aliphatic hydroxyl groups excluding tert-OH is 1. The minimum atomic E-state index is -0.943. The molecule has 2 aromatic rings.